The quantitative estimate of drug-likeness (QED) is 0.720. The Hall–Kier alpha value is -1.71. The van der Waals surface area contributed by atoms with Crippen molar-refractivity contribution >= 4 is 22.2 Å². The van der Waals surface area contributed by atoms with Gasteiger partial charge in [0.05, 0.1) is 5.52 Å². The van der Waals surface area contributed by atoms with Crippen LogP contribution in [0.5, 0.6) is 0 Å². The van der Waals surface area contributed by atoms with Crippen LogP contribution in [-0.2, 0) is 6.42 Å². The van der Waals surface area contributed by atoms with Crippen molar-refractivity contribution in [1.82, 2.24) is 10.3 Å². The second-order valence-electron chi connectivity index (χ2n) is 5.15. The highest BCUT2D eigenvalue weighted by molar-refractivity contribution is 7.09. The first kappa shape index (κ1) is 14.2. The van der Waals surface area contributed by atoms with E-state index in [2.05, 4.69) is 59.0 Å². The van der Waals surface area contributed by atoms with E-state index in [1.807, 2.05) is 23.6 Å². The maximum atomic E-state index is 4.47. The molecule has 1 unspecified atom stereocenters. The zero-order valence-corrected chi connectivity index (χ0v) is 13.1. The predicted molar refractivity (Wildman–Crippen MR) is 90.8 cm³/mol. The average Bonchev–Trinajstić information content (AvgIpc) is 3.04. The lowest BCUT2D eigenvalue weighted by Gasteiger charge is -2.19. The fourth-order valence-corrected chi connectivity index (χ4v) is 3.51. The molecule has 0 bridgehead atoms. The van der Waals surface area contributed by atoms with Gasteiger partial charge in [-0.05, 0) is 48.5 Å². The predicted octanol–water partition coefficient (Wildman–Crippen LogP) is 4.58. The Balaban J connectivity index is 1.88. The van der Waals surface area contributed by atoms with Crippen molar-refractivity contribution in [3.63, 3.8) is 0 Å². The van der Waals surface area contributed by atoms with Gasteiger partial charge in [-0.3, -0.25) is 4.98 Å². The number of pyridine rings is 1. The van der Waals surface area contributed by atoms with Crippen LogP contribution in [0.15, 0.2) is 54.0 Å². The minimum atomic E-state index is 0.380. The van der Waals surface area contributed by atoms with Crippen LogP contribution < -0.4 is 5.32 Å². The van der Waals surface area contributed by atoms with Crippen molar-refractivity contribution in [2.24, 2.45) is 0 Å². The Bertz CT molecular complexity index is 686. The van der Waals surface area contributed by atoms with Gasteiger partial charge in [0, 0.05) is 22.5 Å². The molecule has 108 valence electrons. The van der Waals surface area contributed by atoms with Crippen molar-refractivity contribution < 1.29 is 0 Å². The van der Waals surface area contributed by atoms with E-state index in [0.29, 0.717) is 6.04 Å². The lowest BCUT2D eigenvalue weighted by Crippen LogP contribution is -2.21. The summed E-state index contributed by atoms with van der Waals surface area (Å²) >= 11 is 1.84. The Kier molecular flexibility index (Phi) is 4.63. The number of nitrogens with zero attached hydrogens (tertiary/aromatic N) is 1. The van der Waals surface area contributed by atoms with Gasteiger partial charge >= 0.3 is 0 Å². The van der Waals surface area contributed by atoms with E-state index in [1.54, 1.807) is 0 Å². The van der Waals surface area contributed by atoms with E-state index in [0.717, 1.165) is 24.9 Å². The summed E-state index contributed by atoms with van der Waals surface area (Å²) in [6, 6.07) is 15.3. The third kappa shape index (κ3) is 3.31. The van der Waals surface area contributed by atoms with Gasteiger partial charge in [-0.2, -0.15) is 0 Å². The molecule has 3 rings (SSSR count). The lowest BCUT2D eigenvalue weighted by atomic mass is 9.97. The fourth-order valence-electron chi connectivity index (χ4n) is 2.79. The number of rotatable bonds is 6. The van der Waals surface area contributed by atoms with Crippen LogP contribution >= 0.6 is 11.3 Å². The van der Waals surface area contributed by atoms with E-state index >= 15 is 0 Å². The molecule has 0 aliphatic rings. The number of hydrogen-bond acceptors (Lipinski definition) is 3. The van der Waals surface area contributed by atoms with Crippen LogP contribution in [0, 0.1) is 0 Å². The molecule has 21 heavy (non-hydrogen) atoms. The zero-order chi connectivity index (χ0) is 14.5. The number of thiophene rings is 1. The summed E-state index contributed by atoms with van der Waals surface area (Å²) in [5, 5.41) is 7.04. The van der Waals surface area contributed by atoms with Crippen molar-refractivity contribution in [3.05, 3.63) is 64.5 Å². The lowest BCUT2D eigenvalue weighted by molar-refractivity contribution is 0.520. The van der Waals surface area contributed by atoms with E-state index in [4.69, 9.17) is 0 Å². The standard InChI is InChI=1S/C18H20N2S/c1-2-19-18(11-10-14-6-5-13-21-14)15-7-3-9-17-16(15)8-4-12-20-17/h3-9,12-13,18-19H,2,10-11H2,1H3. The summed E-state index contributed by atoms with van der Waals surface area (Å²) in [4.78, 5) is 5.92. The highest BCUT2D eigenvalue weighted by atomic mass is 32.1. The summed E-state index contributed by atoms with van der Waals surface area (Å²) in [5.41, 5.74) is 2.44. The number of benzene rings is 1. The molecule has 3 heteroatoms. The molecule has 0 saturated heterocycles. The molecule has 0 aliphatic carbocycles. The molecule has 2 aromatic heterocycles. The molecule has 0 spiro atoms. The minimum Gasteiger partial charge on any atom is -0.310 e. The van der Waals surface area contributed by atoms with Gasteiger partial charge in [-0.1, -0.05) is 31.2 Å². The molecular weight excluding hydrogens is 276 g/mol. The van der Waals surface area contributed by atoms with E-state index in [-0.39, 0.29) is 0 Å². The van der Waals surface area contributed by atoms with Crippen molar-refractivity contribution in [2.75, 3.05) is 6.54 Å². The van der Waals surface area contributed by atoms with Crippen LogP contribution in [-0.4, -0.2) is 11.5 Å². The first-order valence-corrected chi connectivity index (χ1v) is 8.36. The summed E-state index contributed by atoms with van der Waals surface area (Å²) in [5.74, 6) is 0. The Labute approximate surface area is 129 Å². The topological polar surface area (TPSA) is 24.9 Å². The van der Waals surface area contributed by atoms with E-state index < -0.39 is 0 Å². The van der Waals surface area contributed by atoms with E-state index in [1.165, 1.54) is 15.8 Å². The molecular formula is C18H20N2S. The van der Waals surface area contributed by atoms with Crippen LogP contribution in [0.3, 0.4) is 0 Å². The summed E-state index contributed by atoms with van der Waals surface area (Å²) < 4.78 is 0. The molecule has 1 atom stereocenters. The number of fused-ring (bicyclic) bond motifs is 1. The van der Waals surface area contributed by atoms with Gasteiger partial charge in [0.25, 0.3) is 0 Å². The minimum absolute atomic E-state index is 0.380. The zero-order valence-electron chi connectivity index (χ0n) is 12.3. The van der Waals surface area contributed by atoms with Gasteiger partial charge in [0.15, 0.2) is 0 Å². The number of aromatic nitrogens is 1. The van der Waals surface area contributed by atoms with Crippen molar-refractivity contribution in [3.8, 4) is 0 Å². The second kappa shape index (κ2) is 6.83. The smallest absolute Gasteiger partial charge is 0.0705 e. The third-order valence-corrected chi connectivity index (χ3v) is 4.70. The van der Waals surface area contributed by atoms with Gasteiger partial charge in [-0.25, -0.2) is 0 Å². The molecule has 2 nitrogen and oxygen atoms in total. The van der Waals surface area contributed by atoms with Crippen molar-refractivity contribution in [1.29, 1.82) is 0 Å². The molecule has 0 radical (unpaired) electrons. The first-order chi connectivity index (χ1) is 10.4. The highest BCUT2D eigenvalue weighted by Gasteiger charge is 2.13. The van der Waals surface area contributed by atoms with Gasteiger partial charge in [0.2, 0.25) is 0 Å². The maximum Gasteiger partial charge on any atom is 0.0705 e. The number of nitrogens with one attached hydrogen (secondary N) is 1. The second-order valence-corrected chi connectivity index (χ2v) is 6.18. The van der Waals surface area contributed by atoms with Gasteiger partial charge in [-0.15, -0.1) is 11.3 Å². The average molecular weight is 296 g/mol. The Morgan fingerprint density at radius 1 is 1.14 bits per heavy atom. The fraction of sp³-hybridized carbons (Fsp3) is 0.278. The Morgan fingerprint density at radius 2 is 2.10 bits per heavy atom. The summed E-state index contributed by atoms with van der Waals surface area (Å²) in [6.07, 6.45) is 4.09. The SMILES string of the molecule is CCNC(CCc1cccs1)c1cccc2ncccc12. The molecule has 1 aromatic carbocycles. The largest absolute Gasteiger partial charge is 0.310 e. The molecule has 3 aromatic rings. The van der Waals surface area contributed by atoms with E-state index in [9.17, 15) is 0 Å². The molecule has 0 saturated carbocycles. The Morgan fingerprint density at radius 3 is 2.90 bits per heavy atom. The summed E-state index contributed by atoms with van der Waals surface area (Å²) in [7, 11) is 0. The first-order valence-electron chi connectivity index (χ1n) is 7.48. The molecule has 0 fully saturated rings. The normalized spacial score (nSPS) is 12.6. The molecule has 0 amide bonds. The maximum absolute atomic E-state index is 4.47. The third-order valence-electron chi connectivity index (χ3n) is 3.76. The van der Waals surface area contributed by atoms with Crippen LogP contribution in [0.25, 0.3) is 10.9 Å². The molecule has 0 aliphatic heterocycles. The van der Waals surface area contributed by atoms with Crippen LogP contribution in [0.4, 0.5) is 0 Å². The van der Waals surface area contributed by atoms with Gasteiger partial charge in [0.1, 0.15) is 0 Å². The van der Waals surface area contributed by atoms with Crippen LogP contribution in [0.1, 0.15) is 29.8 Å². The van der Waals surface area contributed by atoms with Crippen LogP contribution in [0.2, 0.25) is 0 Å². The number of aryl methyl sites for hydroxylation is 1. The highest BCUT2D eigenvalue weighted by Crippen LogP contribution is 2.27. The summed E-state index contributed by atoms with van der Waals surface area (Å²) in [6.45, 7) is 3.15. The van der Waals surface area contributed by atoms with Gasteiger partial charge < -0.3 is 5.32 Å². The monoisotopic (exact) mass is 296 g/mol. The molecule has 2 heterocycles. The van der Waals surface area contributed by atoms with Crippen molar-refractivity contribution in [2.45, 2.75) is 25.8 Å². The molecule has 1 N–H and O–H groups in total. The number of hydrogen-bond donors (Lipinski definition) is 1.